The van der Waals surface area contributed by atoms with Crippen molar-refractivity contribution in [2.24, 2.45) is 17.3 Å². The highest BCUT2D eigenvalue weighted by Crippen LogP contribution is 2.49. The third-order valence-electron chi connectivity index (χ3n) is 5.54. The van der Waals surface area contributed by atoms with Gasteiger partial charge in [-0.25, -0.2) is 0 Å². The van der Waals surface area contributed by atoms with Crippen LogP contribution in [-0.4, -0.2) is 16.1 Å². The molecule has 0 nitrogen and oxygen atoms in total. The third-order valence-corrected chi connectivity index (χ3v) is 9.51. The molecule has 1 aliphatic heterocycles. The molecule has 0 bridgehead atoms. The second-order valence-electron chi connectivity index (χ2n) is 7.43. The van der Waals surface area contributed by atoms with Crippen molar-refractivity contribution in [3.8, 4) is 0 Å². The Balaban J connectivity index is 1.67. The maximum absolute atomic E-state index is 2.48. The van der Waals surface area contributed by atoms with Crippen molar-refractivity contribution in [2.45, 2.75) is 83.1 Å². The fourth-order valence-electron chi connectivity index (χ4n) is 3.56. The molecule has 0 spiro atoms. The summed E-state index contributed by atoms with van der Waals surface area (Å²) in [6.45, 7) is 7.16. The molecule has 0 amide bonds. The third kappa shape index (κ3) is 4.87. The molecule has 0 aromatic carbocycles. The highest BCUT2D eigenvalue weighted by Gasteiger charge is 2.35. The van der Waals surface area contributed by atoms with E-state index < -0.39 is 0 Å². The van der Waals surface area contributed by atoms with E-state index in [4.69, 9.17) is 0 Å². The topological polar surface area (TPSA) is 0 Å². The van der Waals surface area contributed by atoms with E-state index in [1.54, 1.807) is 0 Å². The number of rotatable bonds is 6. The fourth-order valence-corrected chi connectivity index (χ4v) is 7.32. The molecule has 20 heavy (non-hydrogen) atoms. The highest BCUT2D eigenvalue weighted by atomic mass is 32.2. The lowest BCUT2D eigenvalue weighted by Crippen LogP contribution is -2.32. The van der Waals surface area contributed by atoms with Crippen molar-refractivity contribution >= 4 is 23.5 Å². The molecule has 0 unspecified atom stereocenters. The average molecular weight is 315 g/mol. The number of hydrogen-bond donors (Lipinski definition) is 0. The second-order valence-corrected chi connectivity index (χ2v) is 9.99. The zero-order valence-corrected chi connectivity index (χ0v) is 15.5. The van der Waals surface area contributed by atoms with Crippen molar-refractivity contribution in [1.82, 2.24) is 0 Å². The Labute approximate surface area is 135 Å². The first-order valence-electron chi connectivity index (χ1n) is 8.90. The minimum Gasteiger partial charge on any atom is -0.147 e. The van der Waals surface area contributed by atoms with E-state index >= 15 is 0 Å². The average Bonchev–Trinajstić information content (AvgIpc) is 2.49. The molecule has 0 N–H and O–H groups in total. The Kier molecular flexibility index (Phi) is 7.13. The fraction of sp³-hybridized carbons (Fsp3) is 1.00. The largest absolute Gasteiger partial charge is 0.147 e. The van der Waals surface area contributed by atoms with Crippen molar-refractivity contribution < 1.29 is 0 Å². The van der Waals surface area contributed by atoms with Crippen LogP contribution in [0.4, 0.5) is 0 Å². The van der Waals surface area contributed by atoms with Gasteiger partial charge in [-0.1, -0.05) is 59.3 Å². The smallest absolute Gasteiger partial charge is 0.0531 e. The molecule has 118 valence electrons. The molecular weight excluding hydrogens is 280 g/mol. The molecule has 2 rings (SSSR count). The first kappa shape index (κ1) is 17.1. The Morgan fingerprint density at radius 1 is 0.950 bits per heavy atom. The molecule has 1 heterocycles. The Morgan fingerprint density at radius 3 is 2.15 bits per heavy atom. The Morgan fingerprint density at radius 2 is 1.60 bits per heavy atom. The lowest BCUT2D eigenvalue weighted by Gasteiger charge is -2.41. The Bertz CT molecular complexity index is 261. The normalized spacial score (nSPS) is 38.9. The van der Waals surface area contributed by atoms with Gasteiger partial charge in [-0.3, -0.25) is 0 Å². The standard InChI is InChI=1S/C18H34S2/c1-4-6-7-8-15-9-11-16(12-10-15)17-19-13-18(3,5-2)14-20-17/h15-17H,4-14H2,1-3H3/t15?,16?,17-,18-. The van der Waals surface area contributed by atoms with Crippen LogP contribution >= 0.6 is 23.5 Å². The van der Waals surface area contributed by atoms with Gasteiger partial charge >= 0.3 is 0 Å². The molecule has 2 fully saturated rings. The van der Waals surface area contributed by atoms with Gasteiger partial charge in [-0.05, 0) is 36.5 Å². The maximum atomic E-state index is 2.48. The van der Waals surface area contributed by atoms with Crippen LogP contribution in [-0.2, 0) is 0 Å². The summed E-state index contributed by atoms with van der Waals surface area (Å²) in [5.74, 6) is 4.89. The monoisotopic (exact) mass is 314 g/mol. The van der Waals surface area contributed by atoms with Crippen LogP contribution in [0.3, 0.4) is 0 Å². The van der Waals surface area contributed by atoms with E-state index in [-0.39, 0.29) is 0 Å². The number of unbranched alkanes of at least 4 members (excludes halogenated alkanes) is 2. The quantitative estimate of drug-likeness (QED) is 0.507. The summed E-state index contributed by atoms with van der Waals surface area (Å²) in [6, 6.07) is 0. The summed E-state index contributed by atoms with van der Waals surface area (Å²) in [5, 5.41) is 0. The Hall–Kier alpha value is 0.700. The van der Waals surface area contributed by atoms with E-state index in [0.717, 1.165) is 16.4 Å². The van der Waals surface area contributed by atoms with Crippen LogP contribution in [0, 0.1) is 17.3 Å². The van der Waals surface area contributed by atoms with Crippen LogP contribution in [0.5, 0.6) is 0 Å². The van der Waals surface area contributed by atoms with Gasteiger partial charge < -0.3 is 0 Å². The second kappa shape index (κ2) is 8.36. The van der Waals surface area contributed by atoms with Crippen LogP contribution in [0.1, 0.15) is 78.6 Å². The molecule has 0 aromatic rings. The van der Waals surface area contributed by atoms with Crippen molar-refractivity contribution in [3.63, 3.8) is 0 Å². The van der Waals surface area contributed by atoms with Gasteiger partial charge in [-0.2, -0.15) is 0 Å². The van der Waals surface area contributed by atoms with Gasteiger partial charge in [0.2, 0.25) is 0 Å². The zero-order valence-electron chi connectivity index (χ0n) is 13.8. The first-order chi connectivity index (χ1) is 9.67. The zero-order chi connectivity index (χ0) is 14.4. The van der Waals surface area contributed by atoms with E-state index in [2.05, 4.69) is 44.3 Å². The van der Waals surface area contributed by atoms with Crippen molar-refractivity contribution in [1.29, 1.82) is 0 Å². The number of hydrogen-bond acceptors (Lipinski definition) is 2. The van der Waals surface area contributed by atoms with E-state index in [9.17, 15) is 0 Å². The minimum absolute atomic E-state index is 0.614. The van der Waals surface area contributed by atoms with Gasteiger partial charge in [0, 0.05) is 11.5 Å². The van der Waals surface area contributed by atoms with Crippen LogP contribution in [0.25, 0.3) is 0 Å². The van der Waals surface area contributed by atoms with Gasteiger partial charge in [0.15, 0.2) is 0 Å². The summed E-state index contributed by atoms with van der Waals surface area (Å²) in [7, 11) is 0. The predicted octanol–water partition coefficient (Wildman–Crippen LogP) is 6.60. The molecule has 1 saturated carbocycles. The molecular formula is C18H34S2. The molecule has 1 aliphatic carbocycles. The SMILES string of the molecule is CCCCCC1CCC([C@H]2SC[C@](C)(CC)CS2)CC1. The molecule has 1 saturated heterocycles. The van der Waals surface area contributed by atoms with E-state index in [0.29, 0.717) is 5.41 Å². The molecule has 0 radical (unpaired) electrons. The lowest BCUT2D eigenvalue weighted by molar-refractivity contribution is 0.268. The maximum Gasteiger partial charge on any atom is 0.0531 e. The molecule has 0 aromatic heterocycles. The van der Waals surface area contributed by atoms with Crippen LogP contribution in [0.15, 0.2) is 0 Å². The lowest BCUT2D eigenvalue weighted by atomic mass is 9.80. The minimum atomic E-state index is 0.614. The molecule has 2 aliphatic rings. The summed E-state index contributed by atoms with van der Waals surface area (Å²) in [5.41, 5.74) is 0.614. The van der Waals surface area contributed by atoms with Gasteiger partial charge in [0.25, 0.3) is 0 Å². The summed E-state index contributed by atoms with van der Waals surface area (Å²) in [4.78, 5) is 0. The van der Waals surface area contributed by atoms with Gasteiger partial charge in [0.05, 0.1) is 4.58 Å². The van der Waals surface area contributed by atoms with Crippen molar-refractivity contribution in [3.05, 3.63) is 0 Å². The number of thioether (sulfide) groups is 2. The van der Waals surface area contributed by atoms with Crippen LogP contribution < -0.4 is 0 Å². The predicted molar refractivity (Wildman–Crippen MR) is 96.7 cm³/mol. The van der Waals surface area contributed by atoms with E-state index in [1.807, 2.05) is 0 Å². The summed E-state index contributed by atoms with van der Waals surface area (Å²) >= 11 is 4.57. The molecule has 0 atom stereocenters. The van der Waals surface area contributed by atoms with Gasteiger partial charge in [0.1, 0.15) is 0 Å². The summed E-state index contributed by atoms with van der Waals surface area (Å²) < 4.78 is 0.922. The van der Waals surface area contributed by atoms with Crippen LogP contribution in [0.2, 0.25) is 0 Å². The van der Waals surface area contributed by atoms with E-state index in [1.165, 1.54) is 69.3 Å². The van der Waals surface area contributed by atoms with Gasteiger partial charge in [-0.15, -0.1) is 23.5 Å². The molecule has 2 heteroatoms. The van der Waals surface area contributed by atoms with Crippen molar-refractivity contribution in [2.75, 3.05) is 11.5 Å². The highest BCUT2D eigenvalue weighted by molar-refractivity contribution is 8.17. The first-order valence-corrected chi connectivity index (χ1v) is 11.0. The summed E-state index contributed by atoms with van der Waals surface area (Å²) in [6.07, 6.45) is 13.3.